The molecule has 0 saturated carbocycles. The maximum absolute atomic E-state index is 12.1. The van der Waals surface area contributed by atoms with Crippen molar-refractivity contribution in [1.82, 2.24) is 9.97 Å². The van der Waals surface area contributed by atoms with Gasteiger partial charge in [0.2, 0.25) is 5.91 Å². The van der Waals surface area contributed by atoms with Crippen LogP contribution in [0.15, 0.2) is 48.1 Å². The number of benzene rings is 1. The summed E-state index contributed by atoms with van der Waals surface area (Å²) in [5.74, 6) is 0.0101. The van der Waals surface area contributed by atoms with Crippen molar-refractivity contribution in [2.24, 2.45) is 0 Å². The van der Waals surface area contributed by atoms with Crippen molar-refractivity contribution in [1.29, 1.82) is 0 Å². The molecule has 1 aromatic carbocycles. The molecule has 3 aromatic rings. The van der Waals surface area contributed by atoms with Crippen LogP contribution in [0.2, 0.25) is 0 Å². The minimum Gasteiger partial charge on any atom is -0.326 e. The minimum absolute atomic E-state index is 0.0101. The predicted octanol–water partition coefficient (Wildman–Crippen LogP) is 4.39. The number of aromatic nitrogens is 2. The molecule has 0 bridgehead atoms. The lowest BCUT2D eigenvalue weighted by Crippen LogP contribution is -2.12. The largest absolute Gasteiger partial charge is 0.326 e. The number of pyridine rings is 1. The summed E-state index contributed by atoms with van der Waals surface area (Å²) in [4.78, 5) is 20.8. The Bertz CT molecular complexity index is 823. The molecule has 1 amide bonds. The van der Waals surface area contributed by atoms with E-state index in [0.29, 0.717) is 12.8 Å². The molecule has 0 atom stereocenters. The summed E-state index contributed by atoms with van der Waals surface area (Å²) in [6.45, 7) is 4.05. The average Bonchev–Trinajstić information content (AvgIpc) is 3.02. The Kier molecular flexibility index (Phi) is 5.01. The van der Waals surface area contributed by atoms with Crippen LogP contribution in [0.3, 0.4) is 0 Å². The Hall–Kier alpha value is -2.53. The van der Waals surface area contributed by atoms with Gasteiger partial charge in [-0.15, -0.1) is 11.3 Å². The van der Waals surface area contributed by atoms with Crippen molar-refractivity contribution in [3.8, 4) is 10.6 Å². The lowest BCUT2D eigenvalue weighted by atomic mass is 10.1. The highest BCUT2D eigenvalue weighted by atomic mass is 32.1. The molecule has 0 aliphatic carbocycles. The maximum Gasteiger partial charge on any atom is 0.224 e. The SMILES string of the molecule is Cc1cc(C)cc(NC(=O)CCc2csc(-c3cccnc3)n2)c1. The Morgan fingerprint density at radius 1 is 1.21 bits per heavy atom. The summed E-state index contributed by atoms with van der Waals surface area (Å²) in [6, 6.07) is 9.93. The average molecular weight is 337 g/mol. The first-order chi connectivity index (χ1) is 11.6. The van der Waals surface area contributed by atoms with Crippen LogP contribution in [0.25, 0.3) is 10.6 Å². The summed E-state index contributed by atoms with van der Waals surface area (Å²) in [5.41, 5.74) is 5.09. The van der Waals surface area contributed by atoms with E-state index in [9.17, 15) is 4.79 Å². The number of carbonyl (C=O) groups is 1. The van der Waals surface area contributed by atoms with Crippen LogP contribution in [0, 0.1) is 13.8 Å². The highest BCUT2D eigenvalue weighted by Gasteiger charge is 2.08. The van der Waals surface area contributed by atoms with Gasteiger partial charge in [-0.05, 0) is 55.7 Å². The number of hydrogen-bond donors (Lipinski definition) is 1. The van der Waals surface area contributed by atoms with Gasteiger partial charge in [-0.1, -0.05) is 6.07 Å². The van der Waals surface area contributed by atoms with E-state index in [2.05, 4.69) is 21.4 Å². The van der Waals surface area contributed by atoms with Gasteiger partial charge in [-0.2, -0.15) is 0 Å². The molecule has 2 aromatic heterocycles. The van der Waals surface area contributed by atoms with Crippen LogP contribution in [0.5, 0.6) is 0 Å². The second-order valence-electron chi connectivity index (χ2n) is 5.81. The molecule has 0 aliphatic rings. The first kappa shape index (κ1) is 16.3. The molecule has 2 heterocycles. The van der Waals surface area contributed by atoms with Crippen molar-refractivity contribution in [2.75, 3.05) is 5.32 Å². The molecule has 0 radical (unpaired) electrons. The second kappa shape index (κ2) is 7.36. The van der Waals surface area contributed by atoms with Crippen molar-refractivity contribution in [3.63, 3.8) is 0 Å². The number of nitrogens with one attached hydrogen (secondary N) is 1. The number of aryl methyl sites for hydroxylation is 3. The molecule has 4 nitrogen and oxygen atoms in total. The topological polar surface area (TPSA) is 54.9 Å². The van der Waals surface area contributed by atoms with Crippen LogP contribution in [-0.2, 0) is 11.2 Å². The molecule has 0 spiro atoms. The Morgan fingerprint density at radius 3 is 2.71 bits per heavy atom. The summed E-state index contributed by atoms with van der Waals surface area (Å²) < 4.78 is 0. The molecule has 24 heavy (non-hydrogen) atoms. The zero-order chi connectivity index (χ0) is 16.9. The van der Waals surface area contributed by atoms with E-state index in [-0.39, 0.29) is 5.91 Å². The van der Waals surface area contributed by atoms with Crippen LogP contribution < -0.4 is 5.32 Å². The van der Waals surface area contributed by atoms with Gasteiger partial charge in [-0.25, -0.2) is 4.98 Å². The number of rotatable bonds is 5. The standard InChI is InChI=1S/C19H19N3OS/c1-13-8-14(2)10-17(9-13)21-18(23)6-5-16-12-24-19(22-16)15-4-3-7-20-11-15/h3-4,7-12H,5-6H2,1-2H3,(H,21,23). The second-order valence-corrected chi connectivity index (χ2v) is 6.67. The van der Waals surface area contributed by atoms with E-state index in [1.807, 2.05) is 43.5 Å². The van der Waals surface area contributed by atoms with Gasteiger partial charge >= 0.3 is 0 Å². The highest BCUT2D eigenvalue weighted by molar-refractivity contribution is 7.13. The number of nitrogens with zero attached hydrogens (tertiary/aromatic N) is 2. The van der Waals surface area contributed by atoms with Gasteiger partial charge in [0.25, 0.3) is 0 Å². The number of hydrogen-bond acceptors (Lipinski definition) is 4. The van der Waals surface area contributed by atoms with Crippen LogP contribution in [-0.4, -0.2) is 15.9 Å². The fourth-order valence-electron chi connectivity index (χ4n) is 2.56. The molecule has 0 unspecified atom stereocenters. The van der Waals surface area contributed by atoms with Gasteiger partial charge in [0.1, 0.15) is 5.01 Å². The molecule has 122 valence electrons. The van der Waals surface area contributed by atoms with Gasteiger partial charge in [0.05, 0.1) is 5.69 Å². The van der Waals surface area contributed by atoms with Crippen LogP contribution >= 0.6 is 11.3 Å². The number of thiazole rings is 1. The molecule has 0 fully saturated rings. The number of anilines is 1. The Morgan fingerprint density at radius 2 is 2.00 bits per heavy atom. The number of carbonyl (C=O) groups excluding carboxylic acids is 1. The van der Waals surface area contributed by atoms with Crippen molar-refractivity contribution >= 4 is 22.9 Å². The molecular formula is C19H19N3OS. The lowest BCUT2D eigenvalue weighted by Gasteiger charge is -2.07. The molecule has 0 saturated heterocycles. The van der Waals surface area contributed by atoms with E-state index in [4.69, 9.17) is 0 Å². The zero-order valence-electron chi connectivity index (χ0n) is 13.7. The molecule has 1 N–H and O–H groups in total. The molecule has 3 rings (SSSR count). The third-order valence-electron chi connectivity index (χ3n) is 3.57. The van der Waals surface area contributed by atoms with E-state index in [1.54, 1.807) is 23.7 Å². The monoisotopic (exact) mass is 337 g/mol. The highest BCUT2D eigenvalue weighted by Crippen LogP contribution is 2.23. The van der Waals surface area contributed by atoms with Crippen LogP contribution in [0.4, 0.5) is 5.69 Å². The van der Waals surface area contributed by atoms with Gasteiger partial charge < -0.3 is 5.32 Å². The summed E-state index contributed by atoms with van der Waals surface area (Å²) in [6.07, 6.45) is 4.60. The van der Waals surface area contributed by atoms with Gasteiger partial charge in [0.15, 0.2) is 0 Å². The summed E-state index contributed by atoms with van der Waals surface area (Å²) >= 11 is 1.58. The van der Waals surface area contributed by atoms with E-state index in [1.165, 1.54) is 0 Å². The zero-order valence-corrected chi connectivity index (χ0v) is 14.6. The molecule has 5 heteroatoms. The lowest BCUT2D eigenvalue weighted by molar-refractivity contribution is -0.116. The Labute approximate surface area is 145 Å². The van der Waals surface area contributed by atoms with Crippen molar-refractivity contribution in [2.45, 2.75) is 26.7 Å². The molecule has 0 aliphatic heterocycles. The Balaban J connectivity index is 1.58. The third-order valence-corrected chi connectivity index (χ3v) is 4.51. The molecular weight excluding hydrogens is 318 g/mol. The predicted molar refractivity (Wildman–Crippen MR) is 98.2 cm³/mol. The van der Waals surface area contributed by atoms with Crippen molar-refractivity contribution < 1.29 is 4.79 Å². The number of amides is 1. The smallest absolute Gasteiger partial charge is 0.224 e. The van der Waals surface area contributed by atoms with E-state index >= 15 is 0 Å². The summed E-state index contributed by atoms with van der Waals surface area (Å²) in [7, 11) is 0. The quantitative estimate of drug-likeness (QED) is 0.751. The first-order valence-corrected chi connectivity index (χ1v) is 8.71. The fourth-order valence-corrected chi connectivity index (χ4v) is 3.40. The minimum atomic E-state index is 0.0101. The first-order valence-electron chi connectivity index (χ1n) is 7.83. The maximum atomic E-state index is 12.1. The van der Waals surface area contributed by atoms with Crippen molar-refractivity contribution in [3.05, 3.63) is 64.9 Å². The van der Waals surface area contributed by atoms with Gasteiger partial charge in [0, 0.05) is 35.4 Å². The fraction of sp³-hybridized carbons (Fsp3) is 0.211. The summed E-state index contributed by atoms with van der Waals surface area (Å²) in [5, 5.41) is 5.90. The van der Waals surface area contributed by atoms with E-state index < -0.39 is 0 Å². The van der Waals surface area contributed by atoms with E-state index in [0.717, 1.165) is 33.1 Å². The van der Waals surface area contributed by atoms with Crippen LogP contribution in [0.1, 0.15) is 23.2 Å². The van der Waals surface area contributed by atoms with Gasteiger partial charge in [-0.3, -0.25) is 9.78 Å². The normalized spacial score (nSPS) is 10.6. The third kappa shape index (κ3) is 4.26.